The average Bonchev–Trinajstić information content (AvgIpc) is 2.78. The maximum absolute atomic E-state index is 5.81. The molecule has 15 heavy (non-hydrogen) atoms. The Labute approximate surface area is 100 Å². The number of hydrogen-bond acceptors (Lipinski definition) is 3. The van der Waals surface area contributed by atoms with E-state index >= 15 is 0 Å². The Morgan fingerprint density at radius 1 is 1.67 bits per heavy atom. The van der Waals surface area contributed by atoms with Gasteiger partial charge in [-0.25, -0.2) is 4.98 Å². The fraction of sp³-hybridized carbons (Fsp3) is 0.727. The molecule has 4 heteroatoms. The van der Waals surface area contributed by atoms with E-state index in [2.05, 4.69) is 16.8 Å². The Morgan fingerprint density at radius 2 is 2.53 bits per heavy atom. The molecule has 2 nitrogen and oxygen atoms in total. The van der Waals surface area contributed by atoms with Gasteiger partial charge in [0.25, 0.3) is 0 Å². The molecule has 2 heterocycles. The van der Waals surface area contributed by atoms with Gasteiger partial charge in [0.1, 0.15) is 0 Å². The van der Waals surface area contributed by atoms with Gasteiger partial charge in [0.15, 0.2) is 4.47 Å². The van der Waals surface area contributed by atoms with Gasteiger partial charge in [-0.1, -0.05) is 24.9 Å². The van der Waals surface area contributed by atoms with Crippen molar-refractivity contribution in [2.24, 2.45) is 5.92 Å². The van der Waals surface area contributed by atoms with Crippen LogP contribution in [0.4, 0.5) is 0 Å². The number of hydrogen-bond donors (Lipinski definition) is 0. The minimum absolute atomic E-state index is 0.661. The predicted molar refractivity (Wildman–Crippen MR) is 65.4 cm³/mol. The number of aromatic nitrogens is 1. The molecule has 0 saturated carbocycles. The average molecular weight is 245 g/mol. The summed E-state index contributed by atoms with van der Waals surface area (Å²) in [5.74, 6) is 0.915. The zero-order valence-corrected chi connectivity index (χ0v) is 10.7. The summed E-state index contributed by atoms with van der Waals surface area (Å²) in [5.41, 5.74) is 0. The summed E-state index contributed by atoms with van der Waals surface area (Å²) in [7, 11) is 0. The van der Waals surface area contributed by atoms with Crippen molar-refractivity contribution in [1.82, 2.24) is 9.88 Å². The summed E-state index contributed by atoms with van der Waals surface area (Å²) in [5, 5.41) is 0. The third-order valence-electron chi connectivity index (χ3n) is 2.97. The molecule has 0 spiro atoms. The van der Waals surface area contributed by atoms with Gasteiger partial charge in [0.05, 0.1) is 0 Å². The van der Waals surface area contributed by atoms with Crippen molar-refractivity contribution in [2.45, 2.75) is 32.7 Å². The highest BCUT2D eigenvalue weighted by atomic mass is 35.5. The van der Waals surface area contributed by atoms with Crippen LogP contribution in [0.3, 0.4) is 0 Å². The van der Waals surface area contributed by atoms with Gasteiger partial charge in [0, 0.05) is 24.2 Å². The molecule has 0 amide bonds. The van der Waals surface area contributed by atoms with Crippen LogP contribution < -0.4 is 0 Å². The molecule has 0 aliphatic carbocycles. The van der Waals surface area contributed by atoms with E-state index in [-0.39, 0.29) is 0 Å². The Hall–Kier alpha value is -0.120. The second-order valence-corrected chi connectivity index (χ2v) is 5.96. The van der Waals surface area contributed by atoms with Crippen LogP contribution in [0, 0.1) is 5.92 Å². The zero-order valence-electron chi connectivity index (χ0n) is 9.08. The van der Waals surface area contributed by atoms with E-state index in [9.17, 15) is 0 Å². The Balaban J connectivity index is 1.82. The molecule has 1 aliphatic heterocycles. The molecule has 1 unspecified atom stereocenters. The van der Waals surface area contributed by atoms with E-state index in [4.69, 9.17) is 11.6 Å². The lowest BCUT2D eigenvalue weighted by Crippen LogP contribution is -2.19. The summed E-state index contributed by atoms with van der Waals surface area (Å²) in [6.45, 7) is 5.79. The van der Waals surface area contributed by atoms with Crippen molar-refractivity contribution in [3.8, 4) is 0 Å². The standard InChI is InChI=1S/C11H17ClN2S/c1-2-3-9-4-5-14(7-9)8-10-6-13-11(12)15-10/h6,9H,2-5,7-8H2,1H3. The minimum Gasteiger partial charge on any atom is -0.298 e. The maximum Gasteiger partial charge on any atom is 0.183 e. The maximum atomic E-state index is 5.81. The van der Waals surface area contributed by atoms with E-state index in [0.717, 1.165) is 12.5 Å². The van der Waals surface area contributed by atoms with Crippen molar-refractivity contribution in [1.29, 1.82) is 0 Å². The second kappa shape index (κ2) is 5.28. The van der Waals surface area contributed by atoms with Crippen LogP contribution in [0.2, 0.25) is 4.47 Å². The van der Waals surface area contributed by atoms with Crippen LogP contribution >= 0.6 is 22.9 Å². The zero-order chi connectivity index (χ0) is 10.7. The van der Waals surface area contributed by atoms with E-state index in [1.165, 1.54) is 37.2 Å². The van der Waals surface area contributed by atoms with Crippen LogP contribution in [0.1, 0.15) is 31.1 Å². The molecule has 0 bridgehead atoms. The predicted octanol–water partition coefficient (Wildman–Crippen LogP) is 3.42. The molecule has 1 fully saturated rings. The van der Waals surface area contributed by atoms with Crippen molar-refractivity contribution < 1.29 is 0 Å². The molecule has 1 saturated heterocycles. The van der Waals surface area contributed by atoms with Gasteiger partial charge in [-0.15, -0.1) is 11.3 Å². The Kier molecular flexibility index (Phi) is 4.00. The molecule has 1 aromatic heterocycles. The molecule has 1 atom stereocenters. The third kappa shape index (κ3) is 3.16. The van der Waals surface area contributed by atoms with Crippen molar-refractivity contribution in [2.75, 3.05) is 13.1 Å². The summed E-state index contributed by atoms with van der Waals surface area (Å²) >= 11 is 7.41. The first kappa shape index (κ1) is 11.4. The molecule has 84 valence electrons. The molecule has 1 aromatic rings. The van der Waals surface area contributed by atoms with Crippen molar-refractivity contribution in [3.63, 3.8) is 0 Å². The topological polar surface area (TPSA) is 16.1 Å². The van der Waals surface area contributed by atoms with Gasteiger partial charge < -0.3 is 0 Å². The number of nitrogens with zero attached hydrogens (tertiary/aromatic N) is 2. The Bertz CT molecular complexity index is 313. The fourth-order valence-corrected chi connectivity index (χ4v) is 3.30. The van der Waals surface area contributed by atoms with Crippen molar-refractivity contribution in [3.05, 3.63) is 15.5 Å². The normalized spacial score (nSPS) is 22.4. The molecule has 2 rings (SSSR count). The number of thiazole rings is 1. The van der Waals surface area contributed by atoms with Crippen LogP contribution in [-0.4, -0.2) is 23.0 Å². The lowest BCUT2D eigenvalue weighted by atomic mass is 10.0. The highest BCUT2D eigenvalue weighted by molar-refractivity contribution is 7.15. The van der Waals surface area contributed by atoms with E-state index in [1.54, 1.807) is 11.3 Å². The quantitative estimate of drug-likeness (QED) is 0.807. The third-order valence-corrected chi connectivity index (χ3v) is 4.07. The molecule has 1 aliphatic rings. The summed E-state index contributed by atoms with van der Waals surface area (Å²) in [4.78, 5) is 7.88. The minimum atomic E-state index is 0.661. The first-order valence-corrected chi connectivity index (χ1v) is 6.80. The molecule has 0 aromatic carbocycles. The largest absolute Gasteiger partial charge is 0.298 e. The number of halogens is 1. The van der Waals surface area contributed by atoms with Gasteiger partial charge in [-0.3, -0.25) is 4.90 Å². The van der Waals surface area contributed by atoms with Crippen LogP contribution in [-0.2, 0) is 6.54 Å². The molecule has 0 radical (unpaired) electrons. The van der Waals surface area contributed by atoms with Gasteiger partial charge in [-0.2, -0.15) is 0 Å². The number of rotatable bonds is 4. The van der Waals surface area contributed by atoms with Crippen LogP contribution in [0.25, 0.3) is 0 Å². The van der Waals surface area contributed by atoms with Gasteiger partial charge >= 0.3 is 0 Å². The van der Waals surface area contributed by atoms with Crippen LogP contribution in [0.5, 0.6) is 0 Å². The number of likely N-dealkylation sites (tertiary alicyclic amines) is 1. The first-order valence-electron chi connectivity index (χ1n) is 5.60. The van der Waals surface area contributed by atoms with Crippen LogP contribution in [0.15, 0.2) is 6.20 Å². The summed E-state index contributed by atoms with van der Waals surface area (Å²) in [6, 6.07) is 0. The van der Waals surface area contributed by atoms with Gasteiger partial charge in [0.2, 0.25) is 0 Å². The first-order chi connectivity index (χ1) is 7.28. The SMILES string of the molecule is CCCC1CCN(Cc2cnc(Cl)s2)C1. The second-order valence-electron chi connectivity index (χ2n) is 4.26. The molecule has 0 N–H and O–H groups in total. The monoisotopic (exact) mass is 244 g/mol. The highest BCUT2D eigenvalue weighted by Gasteiger charge is 2.21. The van der Waals surface area contributed by atoms with Crippen molar-refractivity contribution >= 4 is 22.9 Å². The summed E-state index contributed by atoms with van der Waals surface area (Å²) in [6.07, 6.45) is 5.95. The Morgan fingerprint density at radius 3 is 3.20 bits per heavy atom. The lowest BCUT2D eigenvalue weighted by Gasteiger charge is -2.14. The highest BCUT2D eigenvalue weighted by Crippen LogP contribution is 2.25. The lowest BCUT2D eigenvalue weighted by molar-refractivity contribution is 0.315. The van der Waals surface area contributed by atoms with E-state index < -0.39 is 0 Å². The van der Waals surface area contributed by atoms with E-state index in [1.807, 2.05) is 6.20 Å². The molecular formula is C11H17ClN2S. The van der Waals surface area contributed by atoms with Gasteiger partial charge in [-0.05, 0) is 25.3 Å². The smallest absolute Gasteiger partial charge is 0.183 e. The fourth-order valence-electron chi connectivity index (χ4n) is 2.28. The molecular weight excluding hydrogens is 228 g/mol. The summed E-state index contributed by atoms with van der Waals surface area (Å²) < 4.78 is 0.661. The van der Waals surface area contributed by atoms with E-state index in [0.29, 0.717) is 4.47 Å².